The molecule has 0 aromatic heterocycles. The molecule has 13 nitrogen and oxygen atoms in total. The predicted octanol–water partition coefficient (Wildman–Crippen LogP) is 0.682. The highest BCUT2D eigenvalue weighted by molar-refractivity contribution is 5.91. The molecule has 0 fully saturated rings. The second-order valence-electron chi connectivity index (χ2n) is 7.73. The third-order valence-electron chi connectivity index (χ3n) is 4.99. The van der Waals surface area contributed by atoms with Crippen LogP contribution >= 0.6 is 0 Å². The molecule has 196 valence electrons. The van der Waals surface area contributed by atoms with Gasteiger partial charge in [0.25, 0.3) is 0 Å². The van der Waals surface area contributed by atoms with E-state index in [2.05, 4.69) is 0 Å². The fourth-order valence-corrected chi connectivity index (χ4v) is 3.41. The van der Waals surface area contributed by atoms with Crippen molar-refractivity contribution in [2.75, 3.05) is 6.61 Å². The van der Waals surface area contributed by atoms with E-state index in [1.807, 2.05) is 0 Å². The number of aldehydes is 1. The first-order valence-corrected chi connectivity index (χ1v) is 10.6. The molecule has 0 aliphatic rings. The Labute approximate surface area is 196 Å². The van der Waals surface area contributed by atoms with E-state index in [1.54, 1.807) is 20.8 Å². The van der Waals surface area contributed by atoms with Crippen LogP contribution in [0.5, 0.6) is 0 Å². The molecule has 0 aromatic carbocycles. The van der Waals surface area contributed by atoms with Crippen LogP contribution in [0.3, 0.4) is 0 Å². The largest absolute Gasteiger partial charge is 0.481 e. The second-order valence-corrected chi connectivity index (χ2v) is 7.73. The van der Waals surface area contributed by atoms with E-state index in [9.17, 15) is 39.0 Å². The summed E-state index contributed by atoms with van der Waals surface area (Å²) in [6, 6.07) is 0. The molecule has 0 saturated heterocycles. The van der Waals surface area contributed by atoms with Crippen LogP contribution in [-0.2, 0) is 33.5 Å². The number of hydrogen-bond donors (Lipinski definition) is 6. The summed E-state index contributed by atoms with van der Waals surface area (Å²) >= 11 is 0. The van der Waals surface area contributed by atoms with Crippen molar-refractivity contribution in [3.8, 4) is 0 Å². The molecule has 1 unspecified atom stereocenters. The summed E-state index contributed by atoms with van der Waals surface area (Å²) in [6.07, 6.45) is -0.821. The highest BCUT2D eigenvalue weighted by Gasteiger charge is 2.60. The molecule has 0 aromatic rings. The minimum Gasteiger partial charge on any atom is -0.481 e. The quantitative estimate of drug-likeness (QED) is 0.128. The van der Waals surface area contributed by atoms with Crippen LogP contribution in [0.2, 0.25) is 0 Å². The molecule has 0 aliphatic carbocycles. The van der Waals surface area contributed by atoms with E-state index in [0.717, 1.165) is 0 Å². The number of ether oxygens (including phenoxy) is 1. The van der Waals surface area contributed by atoms with Crippen LogP contribution in [0.25, 0.3) is 0 Å². The van der Waals surface area contributed by atoms with Crippen molar-refractivity contribution in [2.45, 2.75) is 83.3 Å². The zero-order chi connectivity index (χ0) is 27.2. The molecule has 6 N–H and O–H groups in total. The Hall–Kier alpha value is -3.06. The van der Waals surface area contributed by atoms with Gasteiger partial charge in [-0.25, -0.2) is 9.59 Å². The van der Waals surface area contributed by atoms with Gasteiger partial charge in [-0.15, -0.1) is 0 Å². The van der Waals surface area contributed by atoms with Gasteiger partial charge < -0.3 is 40.2 Å². The van der Waals surface area contributed by atoms with Crippen molar-refractivity contribution < 1.29 is 64.1 Å². The van der Waals surface area contributed by atoms with Crippen molar-refractivity contribution in [2.24, 2.45) is 5.41 Å². The molecule has 0 bridgehead atoms. The summed E-state index contributed by atoms with van der Waals surface area (Å²) in [5.41, 5.74) is -6.78. The fraction of sp³-hybridized carbons (Fsp3) is 0.714. The van der Waals surface area contributed by atoms with Gasteiger partial charge in [0.1, 0.15) is 11.7 Å². The number of carbonyl (C=O) groups is 6. The molecule has 0 spiro atoms. The van der Waals surface area contributed by atoms with Gasteiger partial charge in [0.15, 0.2) is 11.2 Å². The van der Waals surface area contributed by atoms with E-state index in [0.29, 0.717) is 25.5 Å². The third kappa shape index (κ3) is 9.06. The maximum Gasteiger partial charge on any atom is 0.339 e. The number of aliphatic hydroxyl groups is 2. The van der Waals surface area contributed by atoms with Crippen LogP contribution in [0.1, 0.15) is 72.1 Å². The molecule has 1 atom stereocenters. The number of esters is 1. The van der Waals surface area contributed by atoms with Crippen LogP contribution in [-0.4, -0.2) is 84.6 Å². The molecular weight excluding hydrogens is 460 g/mol. The maximum atomic E-state index is 12.2. The van der Waals surface area contributed by atoms with Crippen LogP contribution in [0.15, 0.2) is 0 Å². The third-order valence-corrected chi connectivity index (χ3v) is 4.99. The Morgan fingerprint density at radius 2 is 1.21 bits per heavy atom. The standard InChI is InChI=1S/C15H26O6.C6H8O7/c1-4-7-14(8-5-2,12(17)18)15(20,9-10-16)13(19)21-11-6-3;7-3(8)1-6(13,5(11)12)2-4(9)10/h10,20H,4-9,11H2,1-3H3,(H,17,18);13H,1-2H2,(H,7,8)(H,9,10)(H,11,12). The van der Waals surface area contributed by atoms with E-state index in [1.165, 1.54) is 0 Å². The molecule has 0 aliphatic heterocycles. The number of carboxylic acids is 4. The van der Waals surface area contributed by atoms with Crippen molar-refractivity contribution in [1.82, 2.24) is 0 Å². The summed E-state index contributed by atoms with van der Waals surface area (Å²) in [5.74, 6) is -7.32. The number of rotatable bonds is 16. The van der Waals surface area contributed by atoms with E-state index >= 15 is 0 Å². The zero-order valence-electron chi connectivity index (χ0n) is 19.5. The summed E-state index contributed by atoms with van der Waals surface area (Å²) in [6.45, 7) is 5.40. The monoisotopic (exact) mass is 494 g/mol. The van der Waals surface area contributed by atoms with Crippen molar-refractivity contribution in [3.63, 3.8) is 0 Å². The van der Waals surface area contributed by atoms with Crippen molar-refractivity contribution in [1.29, 1.82) is 0 Å². The molecule has 34 heavy (non-hydrogen) atoms. The first-order valence-electron chi connectivity index (χ1n) is 10.6. The Morgan fingerprint density at radius 1 is 0.765 bits per heavy atom. The van der Waals surface area contributed by atoms with Crippen LogP contribution < -0.4 is 0 Å². The van der Waals surface area contributed by atoms with Gasteiger partial charge in [-0.1, -0.05) is 33.6 Å². The first kappa shape index (κ1) is 33.1. The van der Waals surface area contributed by atoms with E-state index in [-0.39, 0.29) is 19.4 Å². The summed E-state index contributed by atoms with van der Waals surface area (Å²) < 4.78 is 4.95. The summed E-state index contributed by atoms with van der Waals surface area (Å²) in [5, 5.41) is 54.2. The molecule has 13 heteroatoms. The zero-order valence-corrected chi connectivity index (χ0v) is 19.5. The number of aliphatic carboxylic acids is 4. The van der Waals surface area contributed by atoms with Gasteiger partial charge >= 0.3 is 29.8 Å². The Balaban J connectivity index is 0. The lowest BCUT2D eigenvalue weighted by Gasteiger charge is -2.41. The lowest BCUT2D eigenvalue weighted by Crippen LogP contribution is -2.59. The Kier molecular flexibility index (Phi) is 14.6. The topological polar surface area (TPSA) is 233 Å². The highest BCUT2D eigenvalue weighted by Crippen LogP contribution is 2.44. The normalized spacial score (nSPS) is 13.0. The predicted molar refractivity (Wildman–Crippen MR) is 114 cm³/mol. The van der Waals surface area contributed by atoms with Gasteiger partial charge in [-0.3, -0.25) is 14.4 Å². The molecular formula is C21H34O13. The van der Waals surface area contributed by atoms with Crippen molar-refractivity contribution in [3.05, 3.63) is 0 Å². The van der Waals surface area contributed by atoms with Gasteiger partial charge in [0, 0.05) is 6.42 Å². The van der Waals surface area contributed by atoms with Crippen LogP contribution in [0.4, 0.5) is 0 Å². The fourth-order valence-electron chi connectivity index (χ4n) is 3.41. The average molecular weight is 494 g/mol. The molecule has 0 heterocycles. The smallest absolute Gasteiger partial charge is 0.339 e. The number of carboxylic acid groups (broad SMARTS) is 4. The lowest BCUT2D eigenvalue weighted by atomic mass is 9.64. The minimum absolute atomic E-state index is 0.0773. The first-order chi connectivity index (χ1) is 15.6. The average Bonchev–Trinajstić information content (AvgIpc) is 2.70. The molecule has 0 amide bonds. The van der Waals surface area contributed by atoms with E-state index in [4.69, 9.17) is 25.2 Å². The van der Waals surface area contributed by atoms with Gasteiger partial charge in [-0.05, 0) is 19.3 Å². The molecule has 0 radical (unpaired) electrons. The molecule has 0 rings (SSSR count). The van der Waals surface area contributed by atoms with E-state index < -0.39 is 65.7 Å². The van der Waals surface area contributed by atoms with Crippen LogP contribution in [0, 0.1) is 5.41 Å². The summed E-state index contributed by atoms with van der Waals surface area (Å²) in [7, 11) is 0. The SMILES string of the molecule is CCCOC(=O)C(O)(CC=O)C(CCC)(CCC)C(=O)O.O=C(O)CC(O)(CC(=O)O)C(=O)O. The maximum absolute atomic E-state index is 12.2. The molecule has 0 saturated carbocycles. The van der Waals surface area contributed by atoms with Crippen molar-refractivity contribution >= 4 is 36.1 Å². The highest BCUT2D eigenvalue weighted by atomic mass is 16.6. The van der Waals surface area contributed by atoms with Gasteiger partial charge in [0.2, 0.25) is 0 Å². The number of carbonyl (C=O) groups excluding carboxylic acids is 2. The Bertz CT molecular complexity index is 708. The lowest BCUT2D eigenvalue weighted by molar-refractivity contribution is -0.197. The van der Waals surface area contributed by atoms with Gasteiger partial charge in [-0.2, -0.15) is 0 Å². The second kappa shape index (κ2) is 15.0. The van der Waals surface area contributed by atoms with Gasteiger partial charge in [0.05, 0.1) is 19.4 Å². The Morgan fingerprint density at radius 3 is 1.47 bits per heavy atom. The minimum atomic E-state index is -2.74. The number of hydrogen-bond acceptors (Lipinski definition) is 9. The summed E-state index contributed by atoms with van der Waals surface area (Å²) in [4.78, 5) is 65.4.